The zero-order valence-electron chi connectivity index (χ0n) is 19.2. The van der Waals surface area contributed by atoms with E-state index in [1.807, 2.05) is 66.7 Å². The number of thioether (sulfide) groups is 1. The maximum absolute atomic E-state index is 13.2. The Balaban J connectivity index is 1.29. The number of ketones is 1. The third-order valence-corrected chi connectivity index (χ3v) is 7.49. The number of para-hydroxylation sites is 2. The van der Waals surface area contributed by atoms with E-state index in [4.69, 9.17) is 0 Å². The van der Waals surface area contributed by atoms with Gasteiger partial charge >= 0.3 is 0 Å². The zero-order chi connectivity index (χ0) is 23.9. The SMILES string of the molecule is CCCn1c(NC(=O)CSc2ccc3c4c(cccc24)C(=O)c2ccccc2-3)nc2ccccc21. The van der Waals surface area contributed by atoms with E-state index < -0.39 is 0 Å². The topological polar surface area (TPSA) is 64.0 Å². The largest absolute Gasteiger partial charge is 0.310 e. The standard InChI is InChI=1S/C29H23N3O2S/c1-2-16-32-24-13-6-5-12-23(24)30-29(32)31-26(33)17-35-25-15-14-19-18-8-3-4-9-20(18)28(34)22-11-7-10-21(25)27(19)22/h3-15H,2,16-17H2,1H3,(H,30,31,33). The van der Waals surface area contributed by atoms with Crippen LogP contribution < -0.4 is 5.32 Å². The molecule has 0 aliphatic heterocycles. The summed E-state index contributed by atoms with van der Waals surface area (Å²) in [6.45, 7) is 2.89. The number of hydrogen-bond acceptors (Lipinski definition) is 4. The number of nitrogens with one attached hydrogen (secondary N) is 1. The average molecular weight is 478 g/mol. The molecule has 0 atom stereocenters. The fourth-order valence-electron chi connectivity index (χ4n) is 4.91. The number of aromatic nitrogens is 2. The van der Waals surface area contributed by atoms with Gasteiger partial charge in [-0.3, -0.25) is 14.9 Å². The second-order valence-corrected chi connectivity index (χ2v) is 9.64. The van der Waals surface area contributed by atoms with Gasteiger partial charge in [-0.05, 0) is 41.1 Å². The molecule has 1 N–H and O–H groups in total. The van der Waals surface area contributed by atoms with Crippen molar-refractivity contribution in [3.63, 3.8) is 0 Å². The Kier molecular flexibility index (Phi) is 5.38. The summed E-state index contributed by atoms with van der Waals surface area (Å²) in [4.78, 5) is 31.7. The smallest absolute Gasteiger partial charge is 0.237 e. The molecule has 172 valence electrons. The lowest BCUT2D eigenvalue weighted by atomic mass is 9.83. The molecule has 4 aromatic carbocycles. The van der Waals surface area contributed by atoms with Crippen molar-refractivity contribution < 1.29 is 9.59 Å². The number of fused-ring (bicyclic) bond motifs is 3. The van der Waals surface area contributed by atoms with Gasteiger partial charge < -0.3 is 4.57 Å². The van der Waals surface area contributed by atoms with Gasteiger partial charge in [-0.2, -0.15) is 0 Å². The van der Waals surface area contributed by atoms with Crippen LogP contribution in [-0.2, 0) is 11.3 Å². The number of hydrogen-bond donors (Lipinski definition) is 1. The van der Waals surface area contributed by atoms with Crippen LogP contribution >= 0.6 is 11.8 Å². The van der Waals surface area contributed by atoms with E-state index in [1.165, 1.54) is 11.8 Å². The normalized spacial score (nSPS) is 12.2. The summed E-state index contributed by atoms with van der Waals surface area (Å²) < 4.78 is 2.06. The molecule has 1 heterocycles. The molecule has 5 aromatic rings. The van der Waals surface area contributed by atoms with Crippen molar-refractivity contribution in [3.05, 3.63) is 90.0 Å². The van der Waals surface area contributed by atoms with Gasteiger partial charge in [-0.15, -0.1) is 11.8 Å². The van der Waals surface area contributed by atoms with E-state index >= 15 is 0 Å². The first-order valence-corrected chi connectivity index (χ1v) is 12.7. The summed E-state index contributed by atoms with van der Waals surface area (Å²) in [5.41, 5.74) is 5.38. The average Bonchev–Trinajstić information content (AvgIpc) is 3.23. The quantitative estimate of drug-likeness (QED) is 0.277. The van der Waals surface area contributed by atoms with Crippen molar-refractivity contribution in [3.8, 4) is 11.1 Å². The molecule has 1 amide bonds. The first-order valence-electron chi connectivity index (χ1n) is 11.7. The van der Waals surface area contributed by atoms with Gasteiger partial charge in [0.25, 0.3) is 0 Å². The molecule has 0 saturated heterocycles. The Hall–Kier alpha value is -3.90. The molecular formula is C29H23N3O2S. The maximum Gasteiger partial charge on any atom is 0.237 e. The van der Waals surface area contributed by atoms with Crippen molar-refractivity contribution in [2.75, 3.05) is 11.1 Å². The van der Waals surface area contributed by atoms with Crippen molar-refractivity contribution in [2.45, 2.75) is 24.8 Å². The molecule has 1 aliphatic carbocycles. The molecule has 0 bridgehead atoms. The minimum absolute atomic E-state index is 0.0495. The summed E-state index contributed by atoms with van der Waals surface area (Å²) in [5, 5.41) is 4.97. The minimum Gasteiger partial charge on any atom is -0.310 e. The van der Waals surface area contributed by atoms with Crippen molar-refractivity contribution in [1.29, 1.82) is 0 Å². The van der Waals surface area contributed by atoms with Crippen LogP contribution in [0, 0.1) is 0 Å². The molecule has 5 nitrogen and oxygen atoms in total. The van der Waals surface area contributed by atoms with Gasteiger partial charge in [0, 0.05) is 28.0 Å². The van der Waals surface area contributed by atoms with Crippen LogP contribution in [0.15, 0.2) is 83.8 Å². The molecule has 0 spiro atoms. The van der Waals surface area contributed by atoms with Gasteiger partial charge in [0.2, 0.25) is 11.9 Å². The number of imidazole rings is 1. The molecule has 0 radical (unpaired) electrons. The van der Waals surface area contributed by atoms with E-state index in [2.05, 4.69) is 33.9 Å². The number of rotatable bonds is 6. The minimum atomic E-state index is -0.107. The predicted octanol–water partition coefficient (Wildman–Crippen LogP) is 6.54. The predicted molar refractivity (Wildman–Crippen MR) is 142 cm³/mol. The first kappa shape index (κ1) is 21.6. The van der Waals surface area contributed by atoms with Crippen LogP contribution in [-0.4, -0.2) is 27.0 Å². The maximum atomic E-state index is 13.2. The van der Waals surface area contributed by atoms with Crippen LogP contribution in [0.2, 0.25) is 0 Å². The number of anilines is 1. The fraction of sp³-hybridized carbons (Fsp3) is 0.138. The van der Waals surface area contributed by atoms with Crippen LogP contribution in [0.25, 0.3) is 32.9 Å². The lowest BCUT2D eigenvalue weighted by Crippen LogP contribution is -2.18. The Labute approximate surface area is 207 Å². The highest BCUT2D eigenvalue weighted by Gasteiger charge is 2.25. The molecule has 0 fully saturated rings. The van der Waals surface area contributed by atoms with Crippen LogP contribution in [0.3, 0.4) is 0 Å². The molecule has 0 unspecified atom stereocenters. The number of aryl methyl sites for hydroxylation is 1. The van der Waals surface area contributed by atoms with Gasteiger partial charge in [-0.1, -0.05) is 67.6 Å². The molecule has 1 aromatic heterocycles. The van der Waals surface area contributed by atoms with E-state index in [-0.39, 0.29) is 17.4 Å². The highest BCUT2D eigenvalue weighted by Crippen LogP contribution is 2.42. The third-order valence-electron chi connectivity index (χ3n) is 6.42. The van der Waals surface area contributed by atoms with E-state index in [1.54, 1.807) is 0 Å². The highest BCUT2D eigenvalue weighted by atomic mass is 32.2. The van der Waals surface area contributed by atoms with Gasteiger partial charge in [0.15, 0.2) is 5.78 Å². The number of nitrogens with zero attached hydrogens (tertiary/aromatic N) is 2. The molecule has 0 saturated carbocycles. The highest BCUT2D eigenvalue weighted by molar-refractivity contribution is 8.00. The lowest BCUT2D eigenvalue weighted by molar-refractivity contribution is -0.113. The molecule has 1 aliphatic rings. The number of benzene rings is 4. The van der Waals surface area contributed by atoms with Crippen molar-refractivity contribution >= 4 is 51.2 Å². The van der Waals surface area contributed by atoms with E-state index in [0.29, 0.717) is 5.95 Å². The van der Waals surface area contributed by atoms with Crippen molar-refractivity contribution in [1.82, 2.24) is 9.55 Å². The van der Waals surface area contributed by atoms with Crippen LogP contribution in [0.4, 0.5) is 5.95 Å². The summed E-state index contributed by atoms with van der Waals surface area (Å²) in [7, 11) is 0. The van der Waals surface area contributed by atoms with Crippen LogP contribution in [0.5, 0.6) is 0 Å². The number of carbonyl (C=O) groups is 2. The van der Waals surface area contributed by atoms with E-state index in [9.17, 15) is 9.59 Å². The first-order chi connectivity index (χ1) is 17.2. The van der Waals surface area contributed by atoms with Crippen molar-refractivity contribution in [2.24, 2.45) is 0 Å². The van der Waals surface area contributed by atoms with Gasteiger partial charge in [0.1, 0.15) is 0 Å². The molecular weight excluding hydrogens is 454 g/mol. The van der Waals surface area contributed by atoms with Crippen LogP contribution in [0.1, 0.15) is 29.3 Å². The number of carbonyl (C=O) groups excluding carboxylic acids is 2. The molecule has 6 rings (SSSR count). The Bertz CT molecular complexity index is 1640. The lowest BCUT2D eigenvalue weighted by Gasteiger charge is -2.21. The third kappa shape index (κ3) is 3.61. The second-order valence-electron chi connectivity index (χ2n) is 8.63. The monoisotopic (exact) mass is 477 g/mol. The fourth-order valence-corrected chi connectivity index (χ4v) is 5.75. The summed E-state index contributed by atoms with van der Waals surface area (Å²) in [6.07, 6.45) is 0.945. The Morgan fingerprint density at radius 2 is 1.66 bits per heavy atom. The molecule has 35 heavy (non-hydrogen) atoms. The number of amides is 1. The Morgan fingerprint density at radius 1 is 0.886 bits per heavy atom. The summed E-state index contributed by atoms with van der Waals surface area (Å²) in [5.74, 6) is 0.772. The van der Waals surface area contributed by atoms with Gasteiger partial charge in [0.05, 0.1) is 16.8 Å². The summed E-state index contributed by atoms with van der Waals surface area (Å²) >= 11 is 1.48. The summed E-state index contributed by atoms with van der Waals surface area (Å²) in [6, 6.07) is 25.6. The Morgan fingerprint density at radius 3 is 2.51 bits per heavy atom. The zero-order valence-corrected chi connectivity index (χ0v) is 20.1. The molecule has 6 heteroatoms. The van der Waals surface area contributed by atoms with Gasteiger partial charge in [-0.25, -0.2) is 4.98 Å². The van der Waals surface area contributed by atoms with E-state index in [0.717, 1.165) is 61.9 Å². The second kappa shape index (κ2) is 8.71.